The molecule has 3 aromatic rings. The number of carbonyl (C=O) groups excluding carboxylic acids is 1. The fraction of sp³-hybridized carbons (Fsp3) is 0.238. The standard InChI is InChI=1S/C21H21N5O2S/c1-4-26-19(17-10-5-6-11-18(17)28-3)24-25-21(26)29-14(2)20(27)23-16-9-7-8-15(12-16)13-22/h5-12,14H,4H2,1-3H3,(H,23,27). The van der Waals surface area contributed by atoms with Gasteiger partial charge in [-0.1, -0.05) is 30.0 Å². The van der Waals surface area contributed by atoms with Gasteiger partial charge in [-0.05, 0) is 44.2 Å². The largest absolute Gasteiger partial charge is 0.496 e. The number of aromatic nitrogens is 3. The maximum absolute atomic E-state index is 12.6. The molecule has 0 fully saturated rings. The molecule has 1 unspecified atom stereocenters. The summed E-state index contributed by atoms with van der Waals surface area (Å²) in [6.45, 7) is 4.47. The molecule has 1 atom stereocenters. The van der Waals surface area contributed by atoms with Crippen molar-refractivity contribution in [2.45, 2.75) is 30.8 Å². The third-order valence-electron chi connectivity index (χ3n) is 4.29. The molecular weight excluding hydrogens is 386 g/mol. The molecule has 0 aliphatic carbocycles. The molecule has 1 amide bonds. The van der Waals surface area contributed by atoms with Gasteiger partial charge in [-0.15, -0.1) is 10.2 Å². The van der Waals surface area contributed by atoms with Crippen molar-refractivity contribution in [1.82, 2.24) is 14.8 Å². The number of thioether (sulfide) groups is 1. The summed E-state index contributed by atoms with van der Waals surface area (Å²) < 4.78 is 7.40. The Labute approximate surface area is 173 Å². The first-order chi connectivity index (χ1) is 14.1. The van der Waals surface area contributed by atoms with E-state index in [9.17, 15) is 4.79 Å². The van der Waals surface area contributed by atoms with E-state index in [0.717, 1.165) is 5.56 Å². The fourth-order valence-corrected chi connectivity index (χ4v) is 3.72. The summed E-state index contributed by atoms with van der Waals surface area (Å²) in [6, 6.07) is 16.5. The van der Waals surface area contributed by atoms with E-state index in [1.807, 2.05) is 42.7 Å². The van der Waals surface area contributed by atoms with Crippen molar-refractivity contribution in [3.8, 4) is 23.2 Å². The Morgan fingerprint density at radius 1 is 1.28 bits per heavy atom. The van der Waals surface area contributed by atoms with Crippen LogP contribution in [0.3, 0.4) is 0 Å². The van der Waals surface area contributed by atoms with Gasteiger partial charge in [0.25, 0.3) is 0 Å². The van der Waals surface area contributed by atoms with E-state index in [2.05, 4.69) is 21.6 Å². The first-order valence-electron chi connectivity index (χ1n) is 9.11. The third-order valence-corrected chi connectivity index (χ3v) is 5.37. The van der Waals surface area contributed by atoms with Crippen LogP contribution < -0.4 is 10.1 Å². The maximum atomic E-state index is 12.6. The van der Waals surface area contributed by atoms with Crippen LogP contribution >= 0.6 is 11.8 Å². The monoisotopic (exact) mass is 407 g/mol. The molecule has 2 aromatic carbocycles. The molecule has 29 heavy (non-hydrogen) atoms. The van der Waals surface area contributed by atoms with Crippen molar-refractivity contribution >= 4 is 23.4 Å². The van der Waals surface area contributed by atoms with Crippen molar-refractivity contribution in [2.24, 2.45) is 0 Å². The Kier molecular flexibility index (Phi) is 6.52. The average molecular weight is 407 g/mol. The van der Waals surface area contributed by atoms with E-state index in [-0.39, 0.29) is 5.91 Å². The number of benzene rings is 2. The lowest BCUT2D eigenvalue weighted by molar-refractivity contribution is -0.115. The molecule has 3 rings (SSSR count). The molecule has 8 heteroatoms. The Hall–Kier alpha value is -3.31. The van der Waals surface area contributed by atoms with Crippen molar-refractivity contribution in [3.63, 3.8) is 0 Å². The number of rotatable bonds is 7. The molecule has 7 nitrogen and oxygen atoms in total. The average Bonchev–Trinajstić information content (AvgIpc) is 3.15. The van der Waals surface area contributed by atoms with Gasteiger partial charge in [0, 0.05) is 12.2 Å². The van der Waals surface area contributed by atoms with Gasteiger partial charge < -0.3 is 14.6 Å². The van der Waals surface area contributed by atoms with Gasteiger partial charge in [-0.25, -0.2) is 0 Å². The predicted octanol–water partition coefficient (Wildman–Crippen LogP) is 3.96. The second kappa shape index (κ2) is 9.26. The second-order valence-electron chi connectivity index (χ2n) is 6.19. The van der Waals surface area contributed by atoms with E-state index in [4.69, 9.17) is 10.00 Å². The van der Waals surface area contributed by atoms with E-state index >= 15 is 0 Å². The number of amides is 1. The number of para-hydroxylation sites is 1. The highest BCUT2D eigenvalue weighted by molar-refractivity contribution is 8.00. The van der Waals surface area contributed by atoms with Gasteiger partial charge in [0.15, 0.2) is 11.0 Å². The van der Waals surface area contributed by atoms with E-state index in [1.54, 1.807) is 31.4 Å². The molecule has 0 saturated carbocycles. The molecule has 0 saturated heterocycles. The molecule has 148 valence electrons. The number of nitriles is 1. The number of nitrogens with zero attached hydrogens (tertiary/aromatic N) is 4. The number of methoxy groups -OCH3 is 1. The predicted molar refractivity (Wildman–Crippen MR) is 113 cm³/mol. The van der Waals surface area contributed by atoms with Gasteiger partial charge in [0.1, 0.15) is 5.75 Å². The molecule has 0 aliphatic rings. The summed E-state index contributed by atoms with van der Waals surface area (Å²) in [7, 11) is 1.62. The molecule has 0 radical (unpaired) electrons. The van der Waals surface area contributed by atoms with Crippen LogP contribution in [-0.2, 0) is 11.3 Å². The highest BCUT2D eigenvalue weighted by Crippen LogP contribution is 2.32. The Morgan fingerprint density at radius 3 is 2.79 bits per heavy atom. The first-order valence-corrected chi connectivity index (χ1v) is 9.99. The summed E-state index contributed by atoms with van der Waals surface area (Å²) in [5, 5.41) is 20.7. The molecule has 1 N–H and O–H groups in total. The van der Waals surface area contributed by atoms with Crippen molar-refractivity contribution in [2.75, 3.05) is 12.4 Å². The second-order valence-corrected chi connectivity index (χ2v) is 7.50. The minimum absolute atomic E-state index is 0.172. The molecule has 0 aliphatic heterocycles. The van der Waals surface area contributed by atoms with Gasteiger partial charge in [-0.3, -0.25) is 4.79 Å². The van der Waals surface area contributed by atoms with Crippen molar-refractivity contribution < 1.29 is 9.53 Å². The summed E-state index contributed by atoms with van der Waals surface area (Å²) in [5.74, 6) is 1.24. The highest BCUT2D eigenvalue weighted by Gasteiger charge is 2.21. The Bertz CT molecular complexity index is 1060. The molecule has 0 spiro atoms. The van der Waals surface area contributed by atoms with Crippen LogP contribution in [-0.4, -0.2) is 33.0 Å². The molecular formula is C21H21N5O2S. The lowest BCUT2D eigenvalue weighted by atomic mass is 10.2. The van der Waals surface area contributed by atoms with Gasteiger partial charge in [0.05, 0.1) is 29.6 Å². The summed E-state index contributed by atoms with van der Waals surface area (Å²) in [6.07, 6.45) is 0. The maximum Gasteiger partial charge on any atom is 0.237 e. The number of nitrogens with one attached hydrogen (secondary N) is 1. The van der Waals surface area contributed by atoms with Crippen LogP contribution in [0.4, 0.5) is 5.69 Å². The first kappa shape index (κ1) is 20.4. The molecule has 1 heterocycles. The van der Waals surface area contributed by atoms with Crippen molar-refractivity contribution in [1.29, 1.82) is 5.26 Å². The zero-order chi connectivity index (χ0) is 20.8. The van der Waals surface area contributed by atoms with E-state index in [1.165, 1.54) is 11.8 Å². The topological polar surface area (TPSA) is 92.8 Å². The quantitative estimate of drug-likeness (QED) is 0.596. The Balaban J connectivity index is 1.78. The van der Waals surface area contributed by atoms with Crippen LogP contribution in [0.1, 0.15) is 19.4 Å². The molecule has 1 aromatic heterocycles. The van der Waals surface area contributed by atoms with Crippen molar-refractivity contribution in [3.05, 3.63) is 54.1 Å². The summed E-state index contributed by atoms with van der Waals surface area (Å²) >= 11 is 1.33. The zero-order valence-electron chi connectivity index (χ0n) is 16.4. The third kappa shape index (κ3) is 4.58. The fourth-order valence-electron chi connectivity index (χ4n) is 2.81. The number of hydrogen-bond acceptors (Lipinski definition) is 6. The minimum atomic E-state index is -0.402. The normalized spacial score (nSPS) is 11.5. The number of ether oxygens (including phenoxy) is 1. The smallest absolute Gasteiger partial charge is 0.237 e. The van der Waals surface area contributed by atoms with Crippen LogP contribution in [0.15, 0.2) is 53.7 Å². The number of carbonyl (C=O) groups is 1. The molecule has 0 bridgehead atoms. The van der Waals surface area contributed by atoms with Crippen LogP contribution in [0.2, 0.25) is 0 Å². The number of hydrogen-bond donors (Lipinski definition) is 1. The highest BCUT2D eigenvalue weighted by atomic mass is 32.2. The number of anilines is 1. The van der Waals surface area contributed by atoms with Gasteiger partial charge in [-0.2, -0.15) is 5.26 Å². The van der Waals surface area contributed by atoms with Gasteiger partial charge in [0.2, 0.25) is 5.91 Å². The van der Waals surface area contributed by atoms with Gasteiger partial charge >= 0.3 is 0 Å². The SMILES string of the molecule is CCn1c(SC(C)C(=O)Nc2cccc(C#N)c2)nnc1-c1ccccc1OC. The lowest BCUT2D eigenvalue weighted by Gasteiger charge is -2.13. The Morgan fingerprint density at radius 2 is 2.07 bits per heavy atom. The van der Waals surface area contributed by atoms with Crippen LogP contribution in [0.25, 0.3) is 11.4 Å². The van der Waals surface area contributed by atoms with E-state index < -0.39 is 5.25 Å². The van der Waals surface area contributed by atoms with E-state index in [0.29, 0.717) is 34.5 Å². The zero-order valence-corrected chi connectivity index (χ0v) is 17.2. The van der Waals surface area contributed by atoms with Crippen LogP contribution in [0, 0.1) is 11.3 Å². The summed E-state index contributed by atoms with van der Waals surface area (Å²) in [4.78, 5) is 12.6. The van der Waals surface area contributed by atoms with Crippen LogP contribution in [0.5, 0.6) is 5.75 Å². The summed E-state index contributed by atoms with van der Waals surface area (Å²) in [5.41, 5.74) is 1.94. The lowest BCUT2D eigenvalue weighted by Crippen LogP contribution is -2.23. The minimum Gasteiger partial charge on any atom is -0.496 e.